The molecular weight excluding hydrogens is 487 g/mol. The number of nitrogens with zero attached hydrogens (tertiary/aromatic N) is 2. The predicted octanol–water partition coefficient (Wildman–Crippen LogP) is 6.09. The number of hydrogen-bond donors (Lipinski definition) is 2. The molecule has 0 bridgehead atoms. The van der Waals surface area contributed by atoms with Crippen LogP contribution in [-0.2, 0) is 11.3 Å². The zero-order valence-electron chi connectivity index (χ0n) is 18.5. The van der Waals surface area contributed by atoms with Crippen LogP contribution in [0.3, 0.4) is 0 Å². The number of carboxylic acid groups (broad SMARTS) is 1. The van der Waals surface area contributed by atoms with E-state index in [4.69, 9.17) is 16.0 Å². The maximum atomic E-state index is 15.1. The van der Waals surface area contributed by atoms with Gasteiger partial charge in [0.15, 0.2) is 5.78 Å². The van der Waals surface area contributed by atoms with E-state index >= 15 is 4.39 Å². The molecule has 0 spiro atoms. The molecule has 0 radical (unpaired) electrons. The molecule has 178 valence electrons. The number of ketones is 1. The monoisotopic (exact) mass is 502 g/mol. The van der Waals surface area contributed by atoms with Crippen molar-refractivity contribution in [2.45, 2.75) is 13.0 Å². The molecule has 9 heteroatoms. The Morgan fingerprint density at radius 2 is 2.06 bits per heavy atom. The topological polar surface area (TPSA) is 106 Å². The minimum atomic E-state index is -1.29. The largest absolute Gasteiger partial charge is 0.508 e. The Bertz CT molecular complexity index is 1830. The lowest BCUT2D eigenvalue weighted by Crippen LogP contribution is -2.14. The maximum absolute atomic E-state index is 15.1. The molecule has 0 aliphatic heterocycles. The zero-order chi connectivity index (χ0) is 25.1. The van der Waals surface area contributed by atoms with Crippen molar-refractivity contribution in [2.75, 3.05) is 0 Å². The van der Waals surface area contributed by atoms with Gasteiger partial charge in [0.1, 0.15) is 28.0 Å². The third kappa shape index (κ3) is 3.30. The van der Waals surface area contributed by atoms with Crippen molar-refractivity contribution in [1.82, 2.24) is 9.55 Å². The van der Waals surface area contributed by atoms with Crippen LogP contribution in [0.4, 0.5) is 4.39 Å². The fraction of sp³-hybridized carbons (Fsp3) is 0.0741. The number of phenolic OH excluding ortho intramolecular Hbond substituents is 1. The summed E-state index contributed by atoms with van der Waals surface area (Å²) in [5.41, 5.74) is 1.53. The van der Waals surface area contributed by atoms with Crippen molar-refractivity contribution in [2.24, 2.45) is 0 Å². The number of aromatic hydroxyl groups is 1. The Balaban J connectivity index is 1.69. The number of phenols is 1. The van der Waals surface area contributed by atoms with E-state index in [1.165, 1.54) is 35.1 Å². The van der Waals surface area contributed by atoms with Crippen molar-refractivity contribution in [3.8, 4) is 5.75 Å². The highest BCUT2D eigenvalue weighted by atomic mass is 35.5. The molecule has 1 aliphatic carbocycles. The molecule has 0 amide bonds. The van der Waals surface area contributed by atoms with Crippen LogP contribution in [0, 0.1) is 5.82 Å². The molecule has 2 N–H and O–H groups in total. The number of Topliss-reactive ketones (excluding diaryl/α,β-unsaturated/α-hetero) is 1. The second kappa shape index (κ2) is 8.07. The maximum Gasteiger partial charge on any atom is 0.353 e. The Kier molecular flexibility index (Phi) is 4.94. The number of furan rings is 1. The highest BCUT2D eigenvalue weighted by Gasteiger charge is 2.31. The summed E-state index contributed by atoms with van der Waals surface area (Å²) in [6.45, 7) is -0.0657. The minimum Gasteiger partial charge on any atom is -0.508 e. The number of allylic oxidation sites excluding steroid dienone is 4. The molecule has 0 saturated carbocycles. The van der Waals surface area contributed by atoms with Crippen molar-refractivity contribution in [3.05, 3.63) is 88.7 Å². The lowest BCUT2D eigenvalue weighted by molar-refractivity contribution is -0.113. The van der Waals surface area contributed by atoms with Gasteiger partial charge in [0.2, 0.25) is 0 Å². The summed E-state index contributed by atoms with van der Waals surface area (Å²) in [4.78, 5) is 29.9. The minimum absolute atomic E-state index is 0.0328. The summed E-state index contributed by atoms with van der Waals surface area (Å²) in [5.74, 6) is -2.10. The smallest absolute Gasteiger partial charge is 0.353 e. The Hall–Kier alpha value is -4.43. The number of rotatable bonds is 4. The number of hydrogen-bond acceptors (Lipinski definition) is 5. The van der Waals surface area contributed by atoms with Gasteiger partial charge in [-0.25, -0.2) is 14.2 Å². The average molecular weight is 503 g/mol. The van der Waals surface area contributed by atoms with E-state index in [0.717, 1.165) is 0 Å². The van der Waals surface area contributed by atoms with E-state index in [1.54, 1.807) is 30.4 Å². The SMILES string of the molecule is O=C1CC=CC=C1c1c(C(=O)O)n(Cc2cc3ccc(O)cc3nc2Cl)c2cc(F)c3ccoc3c12. The molecular formula is C27H16ClFN2O5. The number of carboxylic acids is 1. The molecule has 5 aromatic rings. The van der Waals surface area contributed by atoms with Crippen LogP contribution in [0.1, 0.15) is 28.0 Å². The molecule has 3 heterocycles. The van der Waals surface area contributed by atoms with Gasteiger partial charge in [-0.1, -0.05) is 29.8 Å². The van der Waals surface area contributed by atoms with Gasteiger partial charge in [-0.3, -0.25) is 4.79 Å². The highest BCUT2D eigenvalue weighted by Crippen LogP contribution is 2.40. The number of carbonyl (C=O) groups is 2. The first-order valence-electron chi connectivity index (χ1n) is 11.0. The van der Waals surface area contributed by atoms with Gasteiger partial charge in [-0.15, -0.1) is 0 Å². The summed E-state index contributed by atoms with van der Waals surface area (Å²) in [7, 11) is 0. The van der Waals surface area contributed by atoms with E-state index < -0.39 is 11.8 Å². The molecule has 6 rings (SSSR count). The van der Waals surface area contributed by atoms with Gasteiger partial charge >= 0.3 is 5.97 Å². The summed E-state index contributed by atoms with van der Waals surface area (Å²) in [5, 5.41) is 21.4. The van der Waals surface area contributed by atoms with E-state index in [2.05, 4.69) is 4.98 Å². The van der Waals surface area contributed by atoms with Gasteiger partial charge in [-0.05, 0) is 30.3 Å². The molecule has 0 unspecified atom stereocenters. The van der Waals surface area contributed by atoms with Gasteiger partial charge in [-0.2, -0.15) is 0 Å². The summed E-state index contributed by atoms with van der Waals surface area (Å²) >= 11 is 6.46. The summed E-state index contributed by atoms with van der Waals surface area (Å²) in [6, 6.07) is 9.07. The van der Waals surface area contributed by atoms with Gasteiger partial charge in [0.25, 0.3) is 0 Å². The van der Waals surface area contributed by atoms with E-state index in [1.807, 2.05) is 0 Å². The molecule has 2 aromatic carbocycles. The first kappa shape index (κ1) is 22.1. The fourth-order valence-corrected chi connectivity index (χ4v) is 4.98. The third-order valence-electron chi connectivity index (χ3n) is 6.35. The Morgan fingerprint density at radius 3 is 2.83 bits per heavy atom. The highest BCUT2D eigenvalue weighted by molar-refractivity contribution is 6.31. The van der Waals surface area contributed by atoms with Crippen molar-refractivity contribution in [1.29, 1.82) is 0 Å². The van der Waals surface area contributed by atoms with Crippen LogP contribution in [0.15, 0.2) is 65.3 Å². The number of pyridine rings is 1. The van der Waals surface area contributed by atoms with Gasteiger partial charge < -0.3 is 19.2 Å². The van der Waals surface area contributed by atoms with E-state index in [9.17, 15) is 19.8 Å². The first-order chi connectivity index (χ1) is 17.3. The Morgan fingerprint density at radius 1 is 1.22 bits per heavy atom. The quantitative estimate of drug-likeness (QED) is 0.288. The molecule has 0 fully saturated rings. The molecule has 0 saturated heterocycles. The number of halogens is 2. The van der Waals surface area contributed by atoms with Crippen molar-refractivity contribution < 1.29 is 28.6 Å². The van der Waals surface area contributed by atoms with Gasteiger partial charge in [0, 0.05) is 34.6 Å². The number of benzene rings is 2. The Labute approximate surface area is 207 Å². The van der Waals surface area contributed by atoms with Crippen LogP contribution in [-0.4, -0.2) is 31.5 Å². The molecule has 36 heavy (non-hydrogen) atoms. The standard InChI is InChI=1S/C27H16ClFN2O5/c28-26-14(9-13-5-6-15(32)10-19(13)30-26)12-31-20-11-18(29)16-7-8-36-25(16)23(20)22(24(31)27(34)35)17-3-1-2-4-21(17)33/h1-3,5-11,32H,4,12H2,(H,34,35). The predicted molar refractivity (Wildman–Crippen MR) is 133 cm³/mol. The summed E-state index contributed by atoms with van der Waals surface area (Å²) in [6.07, 6.45) is 6.38. The van der Waals surface area contributed by atoms with Crippen LogP contribution >= 0.6 is 11.6 Å². The zero-order valence-corrected chi connectivity index (χ0v) is 19.2. The number of fused-ring (bicyclic) bond motifs is 4. The third-order valence-corrected chi connectivity index (χ3v) is 6.67. The fourth-order valence-electron chi connectivity index (χ4n) is 4.78. The molecule has 7 nitrogen and oxygen atoms in total. The molecule has 0 atom stereocenters. The van der Waals surface area contributed by atoms with Crippen LogP contribution in [0.25, 0.3) is 38.3 Å². The number of carbonyl (C=O) groups excluding carboxylic acids is 1. The molecule has 1 aliphatic rings. The van der Waals surface area contributed by atoms with Crippen LogP contribution in [0.5, 0.6) is 5.75 Å². The average Bonchev–Trinajstić information content (AvgIpc) is 3.44. The summed E-state index contributed by atoms with van der Waals surface area (Å²) < 4.78 is 22.1. The lowest BCUT2D eigenvalue weighted by Gasteiger charge is -2.13. The number of aromatic carboxylic acids is 1. The second-order valence-corrected chi connectivity index (χ2v) is 8.84. The second-order valence-electron chi connectivity index (χ2n) is 8.48. The van der Waals surface area contributed by atoms with Crippen LogP contribution in [0.2, 0.25) is 5.15 Å². The molecule has 3 aromatic heterocycles. The lowest BCUT2D eigenvalue weighted by atomic mass is 9.93. The van der Waals surface area contributed by atoms with Crippen molar-refractivity contribution >= 4 is 61.7 Å². The van der Waals surface area contributed by atoms with Crippen molar-refractivity contribution in [3.63, 3.8) is 0 Å². The van der Waals surface area contributed by atoms with E-state index in [-0.39, 0.29) is 63.0 Å². The van der Waals surface area contributed by atoms with Crippen LogP contribution < -0.4 is 0 Å². The van der Waals surface area contributed by atoms with Gasteiger partial charge in [0.05, 0.1) is 34.6 Å². The van der Waals surface area contributed by atoms with E-state index in [0.29, 0.717) is 21.9 Å². The number of aromatic nitrogens is 2. The normalized spacial score (nSPS) is 13.7. The first-order valence-corrected chi connectivity index (χ1v) is 11.3.